The second kappa shape index (κ2) is 8.14. The first-order valence-electron chi connectivity index (χ1n) is 9.82. The lowest BCUT2D eigenvalue weighted by molar-refractivity contribution is -0.118. The first-order valence-corrected chi connectivity index (χ1v) is 11.7. The average Bonchev–Trinajstić information content (AvgIpc) is 3.09. The molecule has 31 heavy (non-hydrogen) atoms. The van der Waals surface area contributed by atoms with Crippen molar-refractivity contribution in [1.29, 1.82) is 0 Å². The van der Waals surface area contributed by atoms with E-state index in [9.17, 15) is 22.8 Å². The third-order valence-electron chi connectivity index (χ3n) is 4.94. The molecule has 166 valence electrons. The van der Waals surface area contributed by atoms with Crippen LogP contribution >= 0.6 is 0 Å². The van der Waals surface area contributed by atoms with Crippen LogP contribution in [0.2, 0.25) is 0 Å². The molecule has 2 heterocycles. The molecule has 0 fully saturated rings. The predicted molar refractivity (Wildman–Crippen MR) is 118 cm³/mol. The average molecular weight is 448 g/mol. The van der Waals surface area contributed by atoms with Gasteiger partial charge in [0.1, 0.15) is 0 Å². The van der Waals surface area contributed by atoms with Crippen LogP contribution in [0.5, 0.6) is 0 Å². The lowest BCUT2D eigenvalue weighted by Crippen LogP contribution is -2.55. The summed E-state index contributed by atoms with van der Waals surface area (Å²) in [5.41, 5.74) is 0.722. The molecule has 11 heteroatoms. The summed E-state index contributed by atoms with van der Waals surface area (Å²) in [5, 5.41) is 4.26. The number of rotatable bonds is 6. The number of benzene rings is 1. The number of nitrogens with one attached hydrogen (secondary N) is 1. The number of sulfonamides is 1. The molecule has 3 rings (SSSR count). The molecule has 0 bridgehead atoms. The lowest BCUT2D eigenvalue weighted by Gasteiger charge is -2.21. The molecule has 0 aliphatic rings. The van der Waals surface area contributed by atoms with Crippen molar-refractivity contribution in [3.63, 3.8) is 0 Å². The number of hydrogen-bond donors (Lipinski definition) is 1. The fourth-order valence-electron chi connectivity index (χ4n) is 3.53. The van der Waals surface area contributed by atoms with Crippen molar-refractivity contribution in [1.82, 2.24) is 19.4 Å². The maximum Gasteiger partial charge on any atom is 0.349 e. The number of aromatic amines is 1. The van der Waals surface area contributed by atoms with Gasteiger partial charge in [-0.2, -0.15) is 5.10 Å². The Morgan fingerprint density at radius 2 is 1.94 bits per heavy atom. The summed E-state index contributed by atoms with van der Waals surface area (Å²) in [5.74, 6) is -0.790. The predicted octanol–water partition coefficient (Wildman–Crippen LogP) is 1.44. The van der Waals surface area contributed by atoms with Gasteiger partial charge < -0.3 is 4.98 Å². The van der Waals surface area contributed by atoms with E-state index in [1.807, 2.05) is 13.8 Å². The molecule has 0 spiro atoms. The van der Waals surface area contributed by atoms with Gasteiger partial charge in [-0.15, -0.1) is 9.09 Å². The third kappa shape index (κ3) is 4.05. The zero-order valence-electron chi connectivity index (χ0n) is 18.0. The van der Waals surface area contributed by atoms with Crippen LogP contribution in [0.25, 0.3) is 22.2 Å². The summed E-state index contributed by atoms with van der Waals surface area (Å²) >= 11 is 0. The van der Waals surface area contributed by atoms with Gasteiger partial charge in [-0.1, -0.05) is 20.8 Å². The number of aryl methyl sites for hydroxylation is 1. The maximum atomic E-state index is 13.3. The van der Waals surface area contributed by atoms with E-state index in [-0.39, 0.29) is 27.7 Å². The highest BCUT2D eigenvalue weighted by atomic mass is 32.2. The quantitative estimate of drug-likeness (QED) is 0.609. The third-order valence-corrected chi connectivity index (χ3v) is 5.93. The van der Waals surface area contributed by atoms with Crippen molar-refractivity contribution >= 4 is 26.8 Å². The molecule has 0 radical (unpaired) electrons. The van der Waals surface area contributed by atoms with Crippen molar-refractivity contribution in [2.45, 2.75) is 39.5 Å². The Balaban J connectivity index is 2.41. The highest BCUT2D eigenvalue weighted by Gasteiger charge is 2.29. The van der Waals surface area contributed by atoms with E-state index in [1.54, 1.807) is 43.0 Å². The Labute approximate surface area is 179 Å². The SMILES string of the molecule is CCCC(=O)N(n1c(=O)[nH]c2cc(C(C)C)c(-c3ccnn3C)cc2c1=O)S(C)(=O)=O. The van der Waals surface area contributed by atoms with E-state index in [4.69, 9.17) is 0 Å². The smallest absolute Gasteiger partial charge is 0.305 e. The van der Waals surface area contributed by atoms with E-state index in [0.29, 0.717) is 11.1 Å². The Morgan fingerprint density at radius 3 is 2.45 bits per heavy atom. The molecule has 0 aliphatic heterocycles. The topological polar surface area (TPSA) is 127 Å². The molecule has 1 amide bonds. The number of fused-ring (bicyclic) bond motifs is 1. The molecule has 2 aromatic heterocycles. The molecule has 0 saturated heterocycles. The minimum atomic E-state index is -4.22. The van der Waals surface area contributed by atoms with Crippen LogP contribution in [-0.4, -0.2) is 40.0 Å². The fourth-order valence-corrected chi connectivity index (χ4v) is 4.43. The number of hydrogen-bond acceptors (Lipinski definition) is 6. The Bertz CT molecular complexity index is 1380. The van der Waals surface area contributed by atoms with Crippen LogP contribution in [0.4, 0.5) is 0 Å². The van der Waals surface area contributed by atoms with E-state index in [2.05, 4.69) is 10.1 Å². The number of aromatic nitrogens is 4. The minimum Gasteiger partial charge on any atom is -0.305 e. The van der Waals surface area contributed by atoms with Crippen LogP contribution in [0.1, 0.15) is 45.1 Å². The fraction of sp³-hybridized carbons (Fsp3) is 0.400. The normalized spacial score (nSPS) is 11.9. The molecule has 0 atom stereocenters. The van der Waals surface area contributed by atoms with Gasteiger partial charge in [0.2, 0.25) is 0 Å². The van der Waals surface area contributed by atoms with E-state index in [1.165, 1.54) is 0 Å². The van der Waals surface area contributed by atoms with Gasteiger partial charge in [0.15, 0.2) is 0 Å². The Morgan fingerprint density at radius 1 is 1.26 bits per heavy atom. The first-order chi connectivity index (χ1) is 14.5. The monoisotopic (exact) mass is 447 g/mol. The number of H-pyrrole nitrogens is 1. The second-order valence-corrected chi connectivity index (χ2v) is 9.49. The van der Waals surface area contributed by atoms with Crippen LogP contribution < -0.4 is 15.7 Å². The Kier molecular flexibility index (Phi) is 5.90. The largest absolute Gasteiger partial charge is 0.349 e. The van der Waals surface area contributed by atoms with E-state index >= 15 is 0 Å². The zero-order valence-corrected chi connectivity index (χ0v) is 18.9. The van der Waals surface area contributed by atoms with Gasteiger partial charge in [0.25, 0.3) is 21.5 Å². The second-order valence-electron chi connectivity index (χ2n) is 7.68. The van der Waals surface area contributed by atoms with Crippen molar-refractivity contribution in [3.05, 3.63) is 50.8 Å². The van der Waals surface area contributed by atoms with E-state index < -0.39 is 27.2 Å². The van der Waals surface area contributed by atoms with Crippen LogP contribution in [0.3, 0.4) is 0 Å². The number of carbonyl (C=O) groups excluding carboxylic acids is 1. The van der Waals surface area contributed by atoms with Crippen molar-refractivity contribution in [2.24, 2.45) is 7.05 Å². The first kappa shape index (κ1) is 22.5. The molecule has 1 aromatic carbocycles. The van der Waals surface area contributed by atoms with Gasteiger partial charge in [0.05, 0.1) is 22.9 Å². The van der Waals surface area contributed by atoms with Gasteiger partial charge in [-0.3, -0.25) is 14.3 Å². The van der Waals surface area contributed by atoms with Gasteiger partial charge >= 0.3 is 5.69 Å². The molecular formula is C20H25N5O5S. The molecule has 1 N–H and O–H groups in total. The molecular weight excluding hydrogens is 422 g/mol. The van der Waals surface area contributed by atoms with Gasteiger partial charge in [0, 0.05) is 25.2 Å². The maximum absolute atomic E-state index is 13.3. The van der Waals surface area contributed by atoms with Crippen LogP contribution in [0, 0.1) is 0 Å². The molecule has 10 nitrogen and oxygen atoms in total. The summed E-state index contributed by atoms with van der Waals surface area (Å²) in [6, 6.07) is 5.10. The summed E-state index contributed by atoms with van der Waals surface area (Å²) < 4.78 is 26.9. The van der Waals surface area contributed by atoms with Crippen LogP contribution in [-0.2, 0) is 21.9 Å². The lowest BCUT2D eigenvalue weighted by atomic mass is 9.93. The van der Waals surface area contributed by atoms with Gasteiger partial charge in [-0.05, 0) is 36.1 Å². The number of amides is 1. The van der Waals surface area contributed by atoms with Crippen molar-refractivity contribution in [3.8, 4) is 11.3 Å². The molecule has 3 aromatic rings. The van der Waals surface area contributed by atoms with Gasteiger partial charge in [-0.25, -0.2) is 13.2 Å². The minimum absolute atomic E-state index is 0.0684. The van der Waals surface area contributed by atoms with Crippen LogP contribution in [0.15, 0.2) is 34.0 Å². The van der Waals surface area contributed by atoms with E-state index in [0.717, 1.165) is 23.1 Å². The number of carbonyl (C=O) groups is 1. The molecule has 0 unspecified atom stereocenters. The molecule has 0 saturated carbocycles. The highest BCUT2D eigenvalue weighted by Crippen LogP contribution is 2.31. The Hall–Kier alpha value is -3.21. The standard InChI is InChI=1S/C20H25N5O5S/c1-6-7-18(26)25(31(5,29)30)24-19(27)15-10-14(17-8-9-21-23(17)4)13(12(2)3)11-16(15)22-20(24)28/h8-12H,6-7H2,1-5H3,(H,22,28). The zero-order chi connectivity index (χ0) is 23.1. The summed E-state index contributed by atoms with van der Waals surface area (Å²) in [6.45, 7) is 5.66. The molecule has 0 aliphatic carbocycles. The van der Waals surface area contributed by atoms with Crippen molar-refractivity contribution < 1.29 is 13.2 Å². The highest BCUT2D eigenvalue weighted by molar-refractivity contribution is 7.92. The summed E-state index contributed by atoms with van der Waals surface area (Å²) in [6.07, 6.45) is 2.63. The summed E-state index contributed by atoms with van der Waals surface area (Å²) in [7, 11) is -2.45. The van der Waals surface area contributed by atoms with Crippen molar-refractivity contribution in [2.75, 3.05) is 10.7 Å². The number of nitrogens with zero attached hydrogens (tertiary/aromatic N) is 4. The summed E-state index contributed by atoms with van der Waals surface area (Å²) in [4.78, 5) is 41.1.